The van der Waals surface area contributed by atoms with Gasteiger partial charge in [-0.3, -0.25) is 14.4 Å². The SMILES string of the molecule is CCCOCC(COCCC(=O)NC(C)(C)CO)(COCCC(=O)NC(C)(C)CCOC(C)C)NC(=O)CCN(N)/C=C(\N)SC. The number of aliphatic hydroxyl groups excluding tert-OH is 1. The summed E-state index contributed by atoms with van der Waals surface area (Å²) in [6.45, 7) is 14.4. The maximum absolute atomic E-state index is 13.1. The van der Waals surface area contributed by atoms with Gasteiger partial charge in [-0.15, -0.1) is 11.8 Å². The van der Waals surface area contributed by atoms with E-state index in [2.05, 4.69) is 16.0 Å². The fourth-order valence-electron chi connectivity index (χ4n) is 3.91. The largest absolute Gasteiger partial charge is 0.394 e. The van der Waals surface area contributed by atoms with E-state index in [-0.39, 0.29) is 89.3 Å². The molecule has 270 valence electrons. The zero-order valence-electron chi connectivity index (χ0n) is 29.4. The van der Waals surface area contributed by atoms with Crippen molar-refractivity contribution in [1.82, 2.24) is 21.0 Å². The second-order valence-corrected chi connectivity index (χ2v) is 13.8. The molecule has 0 aromatic heterocycles. The summed E-state index contributed by atoms with van der Waals surface area (Å²) in [5.74, 6) is 5.20. The Hall–Kier alpha value is -2.14. The maximum Gasteiger partial charge on any atom is 0.222 e. The second kappa shape index (κ2) is 23.2. The number of hydrogen-bond acceptors (Lipinski definition) is 12. The van der Waals surface area contributed by atoms with E-state index in [1.807, 2.05) is 40.9 Å². The zero-order valence-corrected chi connectivity index (χ0v) is 30.2. The summed E-state index contributed by atoms with van der Waals surface area (Å²) < 4.78 is 23.3. The van der Waals surface area contributed by atoms with Crippen molar-refractivity contribution in [3.05, 3.63) is 11.2 Å². The van der Waals surface area contributed by atoms with Gasteiger partial charge >= 0.3 is 0 Å². The molecule has 0 aliphatic carbocycles. The van der Waals surface area contributed by atoms with E-state index in [0.29, 0.717) is 24.7 Å². The fraction of sp³-hybridized carbons (Fsp3) is 0.839. The summed E-state index contributed by atoms with van der Waals surface area (Å²) in [5, 5.41) is 20.0. The molecule has 0 saturated carbocycles. The van der Waals surface area contributed by atoms with Crippen LogP contribution in [0.2, 0.25) is 0 Å². The third-order valence-electron chi connectivity index (χ3n) is 6.49. The molecule has 1 atom stereocenters. The van der Waals surface area contributed by atoms with E-state index in [1.165, 1.54) is 16.8 Å². The molecule has 0 fully saturated rings. The highest BCUT2D eigenvalue weighted by Crippen LogP contribution is 2.13. The van der Waals surface area contributed by atoms with E-state index in [1.54, 1.807) is 20.0 Å². The lowest BCUT2D eigenvalue weighted by Gasteiger charge is -2.34. The molecule has 0 bridgehead atoms. The molecule has 1 unspecified atom stereocenters. The normalized spacial score (nSPS) is 13.8. The second-order valence-electron chi connectivity index (χ2n) is 12.9. The van der Waals surface area contributed by atoms with E-state index in [4.69, 9.17) is 30.5 Å². The van der Waals surface area contributed by atoms with Crippen LogP contribution in [-0.2, 0) is 33.3 Å². The van der Waals surface area contributed by atoms with Crippen LogP contribution in [0.15, 0.2) is 11.2 Å². The number of nitrogens with one attached hydrogen (secondary N) is 3. The van der Waals surface area contributed by atoms with Crippen LogP contribution >= 0.6 is 11.8 Å². The topological polar surface area (TPSA) is 200 Å². The molecule has 14 nitrogen and oxygen atoms in total. The Kier molecular flexibility index (Phi) is 22.1. The van der Waals surface area contributed by atoms with Crippen LogP contribution in [0.25, 0.3) is 0 Å². The van der Waals surface area contributed by atoms with Gasteiger partial charge in [0.05, 0.1) is 56.3 Å². The Morgan fingerprint density at radius 2 is 1.35 bits per heavy atom. The minimum atomic E-state index is -1.11. The standard InChI is InChI=1S/C31H62N6O8S/c1-9-15-42-21-31(23-44-17-12-28(41)35-30(6,7)20-38,36-26(39)10-14-37(33)19-25(32)46-8)22-43-16-11-27(40)34-29(4,5)13-18-45-24(2)3/h19,24,38H,9-18,20-23,32-33H2,1-8H3,(H,34,40)(H,35,41)(H,36,39)/b25-19+. The molecule has 0 saturated heterocycles. The minimum absolute atomic E-state index is 0.00321. The molecule has 0 aliphatic heterocycles. The van der Waals surface area contributed by atoms with Crippen LogP contribution in [0.4, 0.5) is 0 Å². The van der Waals surface area contributed by atoms with Gasteiger partial charge in [-0.25, -0.2) is 5.84 Å². The van der Waals surface area contributed by atoms with E-state index < -0.39 is 16.6 Å². The Labute approximate surface area is 280 Å². The highest BCUT2D eigenvalue weighted by Gasteiger charge is 2.34. The Balaban J connectivity index is 5.48. The van der Waals surface area contributed by atoms with Gasteiger partial charge in [-0.05, 0) is 60.6 Å². The number of amides is 3. The number of hydrazine groups is 1. The third kappa shape index (κ3) is 22.4. The predicted octanol–water partition coefficient (Wildman–Crippen LogP) is 1.36. The number of ether oxygens (including phenoxy) is 4. The lowest BCUT2D eigenvalue weighted by molar-refractivity contribution is -0.130. The lowest BCUT2D eigenvalue weighted by Crippen LogP contribution is -2.59. The van der Waals surface area contributed by atoms with Crippen molar-refractivity contribution in [2.24, 2.45) is 11.6 Å². The molecule has 0 rings (SSSR count). The van der Waals surface area contributed by atoms with Crippen molar-refractivity contribution in [3.63, 3.8) is 0 Å². The maximum atomic E-state index is 13.1. The molecule has 3 amide bonds. The van der Waals surface area contributed by atoms with Crippen LogP contribution in [0.5, 0.6) is 0 Å². The van der Waals surface area contributed by atoms with Crippen LogP contribution < -0.4 is 27.5 Å². The quantitative estimate of drug-likeness (QED) is 0.0415. The first-order valence-electron chi connectivity index (χ1n) is 15.9. The van der Waals surface area contributed by atoms with Crippen molar-refractivity contribution in [2.45, 2.75) is 103 Å². The number of nitrogens with two attached hydrogens (primary N) is 2. The number of nitrogens with zero attached hydrogens (tertiary/aromatic N) is 1. The van der Waals surface area contributed by atoms with Gasteiger partial charge < -0.3 is 50.7 Å². The average molecular weight is 679 g/mol. The van der Waals surface area contributed by atoms with Crippen LogP contribution in [0.3, 0.4) is 0 Å². The number of carbonyl (C=O) groups excluding carboxylic acids is 3. The van der Waals surface area contributed by atoms with Gasteiger partial charge in [-0.1, -0.05) is 6.92 Å². The number of aliphatic hydroxyl groups is 1. The van der Waals surface area contributed by atoms with Crippen molar-refractivity contribution < 1.29 is 38.4 Å². The fourth-order valence-corrected chi connectivity index (χ4v) is 4.15. The molecule has 0 aliphatic rings. The number of hydrogen-bond donors (Lipinski definition) is 6. The zero-order chi connectivity index (χ0) is 35.2. The van der Waals surface area contributed by atoms with Crippen LogP contribution in [0.1, 0.15) is 80.6 Å². The summed E-state index contributed by atoms with van der Waals surface area (Å²) in [7, 11) is 0. The van der Waals surface area contributed by atoms with E-state index >= 15 is 0 Å². The number of thioether (sulfide) groups is 1. The third-order valence-corrected chi connectivity index (χ3v) is 7.07. The molecule has 0 heterocycles. The predicted molar refractivity (Wildman–Crippen MR) is 181 cm³/mol. The molecule has 0 aromatic rings. The highest BCUT2D eigenvalue weighted by molar-refractivity contribution is 8.02. The van der Waals surface area contributed by atoms with Gasteiger partial charge in [-0.2, -0.15) is 0 Å². The van der Waals surface area contributed by atoms with Gasteiger partial charge in [0.15, 0.2) is 0 Å². The van der Waals surface area contributed by atoms with Gasteiger partial charge in [0.25, 0.3) is 0 Å². The lowest BCUT2D eigenvalue weighted by atomic mass is 10.0. The summed E-state index contributed by atoms with van der Waals surface area (Å²) in [5.41, 5.74) is 3.50. The van der Waals surface area contributed by atoms with Crippen LogP contribution in [0, 0.1) is 0 Å². The molecule has 0 aromatic carbocycles. The minimum Gasteiger partial charge on any atom is -0.394 e. The van der Waals surface area contributed by atoms with Crippen molar-refractivity contribution in [2.75, 3.05) is 65.7 Å². The number of carbonyl (C=O) groups is 3. The van der Waals surface area contributed by atoms with Crippen molar-refractivity contribution in [3.8, 4) is 0 Å². The Morgan fingerprint density at radius 3 is 1.83 bits per heavy atom. The number of rotatable bonds is 27. The van der Waals surface area contributed by atoms with Crippen molar-refractivity contribution in [1.29, 1.82) is 0 Å². The summed E-state index contributed by atoms with van der Waals surface area (Å²) in [6, 6.07) is 0. The van der Waals surface area contributed by atoms with E-state index in [0.717, 1.165) is 6.42 Å². The molecule has 8 N–H and O–H groups in total. The van der Waals surface area contributed by atoms with E-state index in [9.17, 15) is 19.5 Å². The molecule has 46 heavy (non-hydrogen) atoms. The van der Waals surface area contributed by atoms with Crippen LogP contribution in [-0.4, -0.2) is 116 Å². The van der Waals surface area contributed by atoms with Gasteiger partial charge in [0.1, 0.15) is 5.54 Å². The van der Waals surface area contributed by atoms with Gasteiger partial charge in [0, 0.05) is 50.8 Å². The molecular formula is C31H62N6O8S. The molecule has 15 heteroatoms. The first-order chi connectivity index (χ1) is 21.5. The average Bonchev–Trinajstić information content (AvgIpc) is 2.95. The molecule has 0 spiro atoms. The monoisotopic (exact) mass is 678 g/mol. The summed E-state index contributed by atoms with van der Waals surface area (Å²) in [6.07, 6.45) is 5.13. The Morgan fingerprint density at radius 1 is 0.848 bits per heavy atom. The summed E-state index contributed by atoms with van der Waals surface area (Å²) >= 11 is 1.34. The smallest absolute Gasteiger partial charge is 0.222 e. The Bertz CT molecular complexity index is 921. The van der Waals surface area contributed by atoms with Crippen molar-refractivity contribution >= 4 is 29.5 Å². The van der Waals surface area contributed by atoms with Gasteiger partial charge in [0.2, 0.25) is 17.7 Å². The molecule has 0 radical (unpaired) electrons. The first-order valence-corrected chi connectivity index (χ1v) is 17.1. The first kappa shape index (κ1) is 43.9. The molecular weight excluding hydrogens is 616 g/mol. The summed E-state index contributed by atoms with van der Waals surface area (Å²) in [4.78, 5) is 38.1. The highest BCUT2D eigenvalue weighted by atomic mass is 32.2.